The van der Waals surface area contributed by atoms with Gasteiger partial charge < -0.3 is 25.3 Å². The van der Waals surface area contributed by atoms with Crippen molar-refractivity contribution in [1.82, 2.24) is 0 Å². The van der Waals surface area contributed by atoms with Crippen molar-refractivity contribution in [1.29, 1.82) is 0 Å². The highest BCUT2D eigenvalue weighted by Gasteiger charge is 2.49. The van der Waals surface area contributed by atoms with Crippen LogP contribution in [0.2, 0.25) is 0 Å². The largest absolute Gasteiger partial charge is 0.493 e. The summed E-state index contributed by atoms with van der Waals surface area (Å²) in [6, 6.07) is 4.00. The van der Waals surface area contributed by atoms with E-state index in [0.717, 1.165) is 18.7 Å². The number of hydrogen-bond donors (Lipinski definition) is 2. The maximum absolute atomic E-state index is 6.10. The number of ether oxygens (including phenoxy) is 3. The Bertz CT molecular complexity index is 503. The van der Waals surface area contributed by atoms with Crippen LogP contribution in [0.25, 0.3) is 0 Å². The van der Waals surface area contributed by atoms with E-state index in [2.05, 4.69) is 19.2 Å². The molecule has 5 nitrogen and oxygen atoms in total. The number of methoxy groups -OCH3 is 2. The van der Waals surface area contributed by atoms with E-state index in [1.165, 1.54) is 0 Å². The van der Waals surface area contributed by atoms with Gasteiger partial charge in [-0.2, -0.15) is 0 Å². The average molecular weight is 294 g/mol. The molecule has 0 saturated heterocycles. The second-order valence-electron chi connectivity index (χ2n) is 5.99. The lowest BCUT2D eigenvalue weighted by Gasteiger charge is -2.52. The zero-order valence-electron chi connectivity index (χ0n) is 13.5. The molecule has 1 aliphatic rings. The molecule has 0 aliphatic heterocycles. The molecule has 0 heterocycles. The molecule has 1 saturated carbocycles. The van der Waals surface area contributed by atoms with Gasteiger partial charge in [0.25, 0.3) is 0 Å². The first-order valence-electron chi connectivity index (χ1n) is 7.33. The van der Waals surface area contributed by atoms with Gasteiger partial charge in [-0.05, 0) is 13.3 Å². The summed E-state index contributed by atoms with van der Waals surface area (Å²) in [5.74, 6) is 1.31. The van der Waals surface area contributed by atoms with E-state index in [-0.39, 0.29) is 5.41 Å². The van der Waals surface area contributed by atoms with Crippen molar-refractivity contribution in [2.45, 2.75) is 39.3 Å². The molecule has 0 aromatic heterocycles. The highest BCUT2D eigenvalue weighted by molar-refractivity contribution is 5.72. The molecular formula is C16H26N2O3. The normalized spacial score (nSPS) is 23.3. The molecule has 0 radical (unpaired) electrons. The molecule has 0 bridgehead atoms. The Labute approximate surface area is 126 Å². The summed E-state index contributed by atoms with van der Waals surface area (Å²) in [5.41, 5.74) is 7.71. The van der Waals surface area contributed by atoms with Gasteiger partial charge in [-0.1, -0.05) is 13.8 Å². The number of hydrogen-bond acceptors (Lipinski definition) is 5. The Morgan fingerprint density at radius 2 is 1.86 bits per heavy atom. The molecule has 2 atom stereocenters. The molecule has 3 N–H and O–H groups in total. The predicted molar refractivity (Wildman–Crippen MR) is 85.2 cm³/mol. The smallest absolute Gasteiger partial charge is 0.162 e. The topological polar surface area (TPSA) is 65.7 Å². The van der Waals surface area contributed by atoms with Crippen molar-refractivity contribution >= 4 is 11.4 Å². The molecule has 1 aromatic rings. The summed E-state index contributed by atoms with van der Waals surface area (Å²) in [6.07, 6.45) is 1.27. The fraction of sp³-hybridized carbons (Fsp3) is 0.625. The highest BCUT2D eigenvalue weighted by Crippen LogP contribution is 2.45. The number of nitrogen functional groups attached to an aromatic ring is 1. The van der Waals surface area contributed by atoms with E-state index in [4.69, 9.17) is 19.9 Å². The van der Waals surface area contributed by atoms with Gasteiger partial charge in [0.2, 0.25) is 0 Å². The van der Waals surface area contributed by atoms with Gasteiger partial charge in [0.15, 0.2) is 11.5 Å². The lowest BCUT2D eigenvalue weighted by Crippen LogP contribution is -2.58. The Balaban J connectivity index is 2.14. The summed E-state index contributed by atoms with van der Waals surface area (Å²) >= 11 is 0. The molecule has 21 heavy (non-hydrogen) atoms. The van der Waals surface area contributed by atoms with Gasteiger partial charge in [0.1, 0.15) is 0 Å². The van der Waals surface area contributed by atoms with E-state index in [1.807, 2.05) is 13.0 Å². The van der Waals surface area contributed by atoms with Gasteiger partial charge in [-0.15, -0.1) is 0 Å². The molecule has 2 unspecified atom stereocenters. The van der Waals surface area contributed by atoms with Crippen LogP contribution in [0.3, 0.4) is 0 Å². The second-order valence-corrected chi connectivity index (χ2v) is 5.99. The van der Waals surface area contributed by atoms with Crippen LogP contribution in [-0.2, 0) is 4.74 Å². The summed E-state index contributed by atoms with van der Waals surface area (Å²) in [6.45, 7) is 7.21. The first-order chi connectivity index (χ1) is 9.93. The number of nitrogens with one attached hydrogen (secondary N) is 1. The fourth-order valence-corrected chi connectivity index (χ4v) is 2.82. The maximum Gasteiger partial charge on any atom is 0.162 e. The molecule has 1 aromatic carbocycles. The van der Waals surface area contributed by atoms with Crippen LogP contribution in [-0.4, -0.2) is 33.0 Å². The first-order valence-corrected chi connectivity index (χ1v) is 7.33. The standard InChI is InChI=1S/C16H26N2O3/c1-6-21-15-9-14(16(15,2)3)18-11-8-13(20-5)12(19-4)7-10(11)17/h7-8,14-15,18H,6,9,17H2,1-5H3. The Hall–Kier alpha value is -1.62. The van der Waals surface area contributed by atoms with Crippen LogP contribution in [0.1, 0.15) is 27.2 Å². The van der Waals surface area contributed by atoms with Crippen LogP contribution in [0.15, 0.2) is 12.1 Å². The lowest BCUT2D eigenvalue weighted by atomic mass is 9.64. The van der Waals surface area contributed by atoms with E-state index >= 15 is 0 Å². The minimum atomic E-state index is 0.0790. The number of nitrogens with two attached hydrogens (primary N) is 1. The van der Waals surface area contributed by atoms with Gasteiger partial charge in [-0.3, -0.25) is 0 Å². The van der Waals surface area contributed by atoms with Crippen LogP contribution >= 0.6 is 0 Å². The molecule has 1 aliphatic carbocycles. The van der Waals surface area contributed by atoms with Crippen molar-refractivity contribution in [2.24, 2.45) is 5.41 Å². The third kappa shape index (κ3) is 2.88. The van der Waals surface area contributed by atoms with Crippen molar-refractivity contribution in [3.8, 4) is 11.5 Å². The Morgan fingerprint density at radius 3 is 2.38 bits per heavy atom. The van der Waals surface area contributed by atoms with E-state index in [1.54, 1.807) is 20.3 Å². The van der Waals surface area contributed by atoms with Gasteiger partial charge >= 0.3 is 0 Å². The fourth-order valence-electron chi connectivity index (χ4n) is 2.82. The quantitative estimate of drug-likeness (QED) is 0.790. The third-order valence-electron chi connectivity index (χ3n) is 4.43. The number of rotatable bonds is 6. The highest BCUT2D eigenvalue weighted by atomic mass is 16.5. The summed E-state index contributed by atoms with van der Waals surface area (Å²) in [5, 5.41) is 3.51. The first kappa shape index (κ1) is 15.8. The minimum Gasteiger partial charge on any atom is -0.493 e. The van der Waals surface area contributed by atoms with Gasteiger partial charge in [0, 0.05) is 30.2 Å². The van der Waals surface area contributed by atoms with Crippen molar-refractivity contribution < 1.29 is 14.2 Å². The average Bonchev–Trinajstić information content (AvgIpc) is 2.47. The molecule has 2 rings (SSSR count). The van der Waals surface area contributed by atoms with Crippen LogP contribution in [0, 0.1) is 5.41 Å². The SMILES string of the molecule is CCOC1CC(Nc2cc(OC)c(OC)cc2N)C1(C)C. The third-order valence-corrected chi connectivity index (χ3v) is 4.43. The summed E-state index contributed by atoms with van der Waals surface area (Å²) in [4.78, 5) is 0. The minimum absolute atomic E-state index is 0.0790. The van der Waals surface area contributed by atoms with Crippen LogP contribution < -0.4 is 20.5 Å². The number of anilines is 2. The van der Waals surface area contributed by atoms with E-state index in [9.17, 15) is 0 Å². The Kier molecular flexibility index (Phi) is 4.52. The second kappa shape index (κ2) is 6.02. The zero-order valence-corrected chi connectivity index (χ0v) is 13.5. The maximum atomic E-state index is 6.10. The number of benzene rings is 1. The monoisotopic (exact) mass is 294 g/mol. The van der Waals surface area contributed by atoms with Gasteiger partial charge in [0.05, 0.1) is 31.7 Å². The van der Waals surface area contributed by atoms with E-state index < -0.39 is 0 Å². The molecule has 0 spiro atoms. The van der Waals surface area contributed by atoms with Crippen LogP contribution in [0.4, 0.5) is 11.4 Å². The summed E-state index contributed by atoms with van der Waals surface area (Å²) in [7, 11) is 3.22. The molecular weight excluding hydrogens is 268 g/mol. The van der Waals surface area contributed by atoms with Crippen molar-refractivity contribution in [2.75, 3.05) is 31.9 Å². The molecule has 1 fully saturated rings. The van der Waals surface area contributed by atoms with E-state index in [0.29, 0.717) is 29.3 Å². The lowest BCUT2D eigenvalue weighted by molar-refractivity contribution is -0.0975. The van der Waals surface area contributed by atoms with Crippen molar-refractivity contribution in [3.63, 3.8) is 0 Å². The molecule has 118 valence electrons. The molecule has 0 amide bonds. The van der Waals surface area contributed by atoms with Gasteiger partial charge in [-0.25, -0.2) is 0 Å². The predicted octanol–water partition coefficient (Wildman–Crippen LogP) is 2.90. The van der Waals surface area contributed by atoms with Crippen molar-refractivity contribution in [3.05, 3.63) is 12.1 Å². The zero-order chi connectivity index (χ0) is 15.6. The summed E-state index contributed by atoms with van der Waals surface area (Å²) < 4.78 is 16.3. The molecule has 5 heteroatoms. The Morgan fingerprint density at radius 1 is 1.24 bits per heavy atom. The van der Waals surface area contributed by atoms with Crippen LogP contribution in [0.5, 0.6) is 11.5 Å².